The fraction of sp³-hybridized carbons (Fsp3) is 0.105. The van der Waals surface area contributed by atoms with Gasteiger partial charge in [0.2, 0.25) is 0 Å². The van der Waals surface area contributed by atoms with E-state index in [1.165, 1.54) is 6.26 Å². The molecule has 1 heterocycles. The van der Waals surface area contributed by atoms with Crippen LogP contribution in [-0.2, 0) is 0 Å². The second kappa shape index (κ2) is 6.91. The summed E-state index contributed by atoms with van der Waals surface area (Å²) in [6.07, 6.45) is 1.47. The third-order valence-electron chi connectivity index (χ3n) is 3.52. The summed E-state index contributed by atoms with van der Waals surface area (Å²) in [5.41, 5.74) is 3.62. The molecular weight excluding hydrogens is 304 g/mol. The number of carbonyl (C=O) groups is 1. The molecular formula is C19H18N2O3. The zero-order chi connectivity index (χ0) is 16.9. The quantitative estimate of drug-likeness (QED) is 0.721. The molecule has 0 atom stereocenters. The number of nitrogens with one attached hydrogen (secondary N) is 2. The Labute approximate surface area is 140 Å². The van der Waals surface area contributed by atoms with Gasteiger partial charge in [-0.25, -0.2) is 0 Å². The monoisotopic (exact) mass is 322 g/mol. The van der Waals surface area contributed by atoms with Gasteiger partial charge in [0.1, 0.15) is 5.75 Å². The van der Waals surface area contributed by atoms with E-state index in [1.807, 2.05) is 49.4 Å². The molecule has 2 aromatic carbocycles. The fourth-order valence-electron chi connectivity index (χ4n) is 2.31. The summed E-state index contributed by atoms with van der Waals surface area (Å²) in [5.74, 6) is 0.776. The standard InChI is InChI=1S/C19H18N2O3/c1-13-5-10-17(23-2)16(12-13)20-14-6-8-15(9-7-14)21-19(22)18-4-3-11-24-18/h3-12,20H,1-2H3,(H,21,22). The Morgan fingerprint density at radius 2 is 1.79 bits per heavy atom. The first kappa shape index (κ1) is 15.7. The number of hydrogen-bond donors (Lipinski definition) is 2. The molecule has 0 saturated carbocycles. The first-order valence-corrected chi connectivity index (χ1v) is 7.52. The highest BCUT2D eigenvalue weighted by Crippen LogP contribution is 2.29. The van der Waals surface area contributed by atoms with Crippen molar-refractivity contribution in [1.29, 1.82) is 0 Å². The molecule has 0 saturated heterocycles. The summed E-state index contributed by atoms with van der Waals surface area (Å²) in [4.78, 5) is 11.9. The Hall–Kier alpha value is -3.21. The van der Waals surface area contributed by atoms with Crippen LogP contribution in [0.15, 0.2) is 65.3 Å². The third kappa shape index (κ3) is 3.57. The van der Waals surface area contributed by atoms with Crippen LogP contribution in [0.3, 0.4) is 0 Å². The highest BCUT2D eigenvalue weighted by atomic mass is 16.5. The first-order valence-electron chi connectivity index (χ1n) is 7.52. The van der Waals surface area contributed by atoms with Crippen LogP contribution < -0.4 is 15.4 Å². The molecule has 3 aromatic rings. The molecule has 5 nitrogen and oxygen atoms in total. The zero-order valence-electron chi connectivity index (χ0n) is 13.5. The van der Waals surface area contributed by atoms with Crippen LogP contribution in [0.25, 0.3) is 0 Å². The average molecular weight is 322 g/mol. The predicted octanol–water partition coefficient (Wildman–Crippen LogP) is 4.59. The number of rotatable bonds is 5. The van der Waals surface area contributed by atoms with Crippen molar-refractivity contribution in [2.24, 2.45) is 0 Å². The van der Waals surface area contributed by atoms with Crippen LogP contribution in [0.1, 0.15) is 16.1 Å². The molecule has 24 heavy (non-hydrogen) atoms. The zero-order valence-corrected chi connectivity index (χ0v) is 13.5. The first-order chi connectivity index (χ1) is 11.7. The van der Waals surface area contributed by atoms with Crippen molar-refractivity contribution in [1.82, 2.24) is 0 Å². The number of benzene rings is 2. The van der Waals surface area contributed by atoms with Gasteiger partial charge >= 0.3 is 0 Å². The highest BCUT2D eigenvalue weighted by molar-refractivity contribution is 6.02. The van der Waals surface area contributed by atoms with Crippen LogP contribution in [0, 0.1) is 6.92 Å². The lowest BCUT2D eigenvalue weighted by Gasteiger charge is -2.12. The molecule has 0 bridgehead atoms. The number of hydrogen-bond acceptors (Lipinski definition) is 4. The number of furan rings is 1. The molecule has 1 amide bonds. The summed E-state index contributed by atoms with van der Waals surface area (Å²) >= 11 is 0. The van der Waals surface area contributed by atoms with Crippen molar-refractivity contribution in [3.8, 4) is 5.75 Å². The maximum Gasteiger partial charge on any atom is 0.291 e. The molecule has 0 unspecified atom stereocenters. The molecule has 1 aromatic heterocycles. The largest absolute Gasteiger partial charge is 0.495 e. The molecule has 122 valence electrons. The van der Waals surface area contributed by atoms with E-state index in [2.05, 4.69) is 10.6 Å². The Morgan fingerprint density at radius 1 is 1.04 bits per heavy atom. The van der Waals surface area contributed by atoms with Gasteiger partial charge in [0, 0.05) is 11.4 Å². The Balaban J connectivity index is 1.71. The Bertz CT molecular complexity index is 824. The van der Waals surface area contributed by atoms with Crippen molar-refractivity contribution < 1.29 is 13.9 Å². The molecule has 3 rings (SSSR count). The summed E-state index contributed by atoms with van der Waals surface area (Å²) in [6.45, 7) is 2.03. The molecule has 2 N–H and O–H groups in total. The number of anilines is 3. The maximum absolute atomic E-state index is 11.9. The van der Waals surface area contributed by atoms with E-state index in [1.54, 1.807) is 19.2 Å². The average Bonchev–Trinajstić information content (AvgIpc) is 3.11. The smallest absolute Gasteiger partial charge is 0.291 e. The van der Waals surface area contributed by atoms with E-state index in [0.29, 0.717) is 5.69 Å². The van der Waals surface area contributed by atoms with Gasteiger partial charge in [-0.3, -0.25) is 4.79 Å². The summed E-state index contributed by atoms with van der Waals surface area (Å²) < 4.78 is 10.4. The second-order valence-corrected chi connectivity index (χ2v) is 5.34. The number of aryl methyl sites for hydroxylation is 1. The van der Waals surface area contributed by atoms with Gasteiger partial charge in [0.25, 0.3) is 5.91 Å². The number of ether oxygens (including phenoxy) is 1. The molecule has 0 fully saturated rings. The molecule has 0 spiro atoms. The number of methoxy groups -OCH3 is 1. The normalized spacial score (nSPS) is 10.2. The van der Waals surface area contributed by atoms with E-state index >= 15 is 0 Å². The van der Waals surface area contributed by atoms with Gasteiger partial charge < -0.3 is 19.8 Å². The van der Waals surface area contributed by atoms with Crippen LogP contribution in [0.2, 0.25) is 0 Å². The summed E-state index contributed by atoms with van der Waals surface area (Å²) in [6, 6.07) is 16.7. The molecule has 5 heteroatoms. The SMILES string of the molecule is COc1ccc(C)cc1Nc1ccc(NC(=O)c2ccco2)cc1. The number of carbonyl (C=O) groups excluding carboxylic acids is 1. The molecule has 0 aliphatic heterocycles. The van der Waals surface area contributed by atoms with Gasteiger partial charge in [-0.15, -0.1) is 0 Å². The minimum Gasteiger partial charge on any atom is -0.495 e. The topological polar surface area (TPSA) is 63.5 Å². The lowest BCUT2D eigenvalue weighted by molar-refractivity contribution is 0.0996. The van der Waals surface area contributed by atoms with Crippen molar-refractivity contribution in [2.75, 3.05) is 17.7 Å². The van der Waals surface area contributed by atoms with Crippen molar-refractivity contribution in [2.45, 2.75) is 6.92 Å². The van der Waals surface area contributed by atoms with Gasteiger partial charge in [0.15, 0.2) is 5.76 Å². The Kier molecular flexibility index (Phi) is 4.52. The van der Waals surface area contributed by atoms with E-state index in [0.717, 1.165) is 22.7 Å². The molecule has 0 aliphatic carbocycles. The molecule has 0 radical (unpaired) electrons. The van der Waals surface area contributed by atoms with Gasteiger partial charge in [-0.2, -0.15) is 0 Å². The van der Waals surface area contributed by atoms with Crippen LogP contribution in [-0.4, -0.2) is 13.0 Å². The van der Waals surface area contributed by atoms with Crippen molar-refractivity contribution >= 4 is 23.0 Å². The minimum absolute atomic E-state index is 0.277. The number of amides is 1. The lowest BCUT2D eigenvalue weighted by atomic mass is 10.2. The second-order valence-electron chi connectivity index (χ2n) is 5.34. The van der Waals surface area contributed by atoms with E-state index in [9.17, 15) is 4.79 Å². The van der Waals surface area contributed by atoms with Crippen LogP contribution in [0.4, 0.5) is 17.1 Å². The van der Waals surface area contributed by atoms with Gasteiger partial charge in [-0.05, 0) is 61.0 Å². The van der Waals surface area contributed by atoms with Gasteiger partial charge in [0.05, 0.1) is 19.1 Å². The summed E-state index contributed by atoms with van der Waals surface area (Å²) in [5, 5.41) is 6.10. The van der Waals surface area contributed by atoms with E-state index in [-0.39, 0.29) is 11.7 Å². The van der Waals surface area contributed by atoms with Crippen molar-refractivity contribution in [3.63, 3.8) is 0 Å². The van der Waals surface area contributed by atoms with Crippen LogP contribution >= 0.6 is 0 Å². The minimum atomic E-state index is -0.277. The van der Waals surface area contributed by atoms with E-state index in [4.69, 9.17) is 9.15 Å². The lowest BCUT2D eigenvalue weighted by Crippen LogP contribution is -2.10. The predicted molar refractivity (Wildman–Crippen MR) is 94.1 cm³/mol. The Morgan fingerprint density at radius 3 is 2.46 bits per heavy atom. The fourth-order valence-corrected chi connectivity index (χ4v) is 2.31. The highest BCUT2D eigenvalue weighted by Gasteiger charge is 2.09. The van der Waals surface area contributed by atoms with Crippen LogP contribution in [0.5, 0.6) is 5.75 Å². The maximum atomic E-state index is 11.9. The summed E-state index contributed by atoms with van der Waals surface area (Å²) in [7, 11) is 1.64. The van der Waals surface area contributed by atoms with E-state index < -0.39 is 0 Å². The van der Waals surface area contributed by atoms with Gasteiger partial charge in [-0.1, -0.05) is 6.07 Å². The third-order valence-corrected chi connectivity index (χ3v) is 3.52. The van der Waals surface area contributed by atoms with Crippen molar-refractivity contribution in [3.05, 3.63) is 72.2 Å². The molecule has 0 aliphatic rings.